The largest absolute Gasteiger partial charge is 0.487 e. The summed E-state index contributed by atoms with van der Waals surface area (Å²) in [7, 11) is 0. The lowest BCUT2D eigenvalue weighted by Gasteiger charge is -2.16. The van der Waals surface area contributed by atoms with Gasteiger partial charge in [-0.1, -0.05) is 19.1 Å². The summed E-state index contributed by atoms with van der Waals surface area (Å²) >= 11 is 0. The maximum atomic E-state index is 12.6. The van der Waals surface area contributed by atoms with Crippen LogP contribution in [0.2, 0.25) is 0 Å². The molecule has 0 aliphatic carbocycles. The highest BCUT2D eigenvalue weighted by Crippen LogP contribution is 2.24. The molecule has 1 rings (SSSR count). The Morgan fingerprint density at radius 3 is 2.67 bits per heavy atom. The zero-order valence-corrected chi connectivity index (χ0v) is 9.93. The second kappa shape index (κ2) is 6.58. The Hall–Kier alpha value is -1.30. The quantitative estimate of drug-likeness (QED) is 0.765. The van der Waals surface area contributed by atoms with Gasteiger partial charge in [-0.25, -0.2) is 8.78 Å². The Labute approximate surface area is 103 Å². The van der Waals surface area contributed by atoms with Crippen molar-refractivity contribution in [2.45, 2.75) is 25.8 Å². The van der Waals surface area contributed by atoms with Crippen LogP contribution in [0.25, 0.3) is 0 Å². The third-order valence-electron chi connectivity index (χ3n) is 2.23. The number of benzene rings is 1. The highest BCUT2D eigenvalue weighted by atomic mass is 19.3. The molecule has 0 aliphatic heterocycles. The Kier molecular flexibility index (Phi) is 5.40. The fourth-order valence-electron chi connectivity index (χ4n) is 1.26. The molecule has 0 heterocycles. The van der Waals surface area contributed by atoms with Crippen molar-refractivity contribution in [2.75, 3.05) is 13.2 Å². The van der Waals surface area contributed by atoms with Crippen LogP contribution in [0, 0.1) is 0 Å². The summed E-state index contributed by atoms with van der Waals surface area (Å²) < 4.78 is 53.8. The van der Waals surface area contributed by atoms with Gasteiger partial charge >= 0.3 is 12.3 Å². The van der Waals surface area contributed by atoms with Crippen LogP contribution in [0.15, 0.2) is 24.3 Å². The number of halogens is 4. The van der Waals surface area contributed by atoms with E-state index in [-0.39, 0.29) is 5.75 Å². The van der Waals surface area contributed by atoms with Crippen LogP contribution in [-0.2, 0) is 6.54 Å². The third-order valence-corrected chi connectivity index (χ3v) is 2.23. The maximum Gasteiger partial charge on any atom is 0.340 e. The average molecular weight is 265 g/mol. The molecule has 0 fully saturated rings. The summed E-state index contributed by atoms with van der Waals surface area (Å²) in [5.74, 6) is -3.97. The second-order valence-electron chi connectivity index (χ2n) is 3.78. The number of hydrogen-bond acceptors (Lipinski definition) is 2. The maximum absolute atomic E-state index is 12.6. The second-order valence-corrected chi connectivity index (χ2v) is 3.78. The summed E-state index contributed by atoms with van der Waals surface area (Å²) in [6.07, 6.45) is -3.72. The first-order valence-electron chi connectivity index (χ1n) is 5.54. The molecule has 0 radical (unpaired) electrons. The van der Waals surface area contributed by atoms with Crippen LogP contribution in [0.3, 0.4) is 0 Å². The SMILES string of the molecule is CCNCc1cccc(OCC(F)(F)C(F)F)c1. The van der Waals surface area contributed by atoms with Crippen molar-refractivity contribution in [1.29, 1.82) is 0 Å². The van der Waals surface area contributed by atoms with Crippen molar-refractivity contribution in [3.63, 3.8) is 0 Å². The first-order valence-corrected chi connectivity index (χ1v) is 5.54. The number of nitrogens with one attached hydrogen (secondary N) is 1. The van der Waals surface area contributed by atoms with E-state index in [4.69, 9.17) is 4.74 Å². The molecular formula is C12H15F4NO. The zero-order valence-electron chi connectivity index (χ0n) is 9.93. The van der Waals surface area contributed by atoms with E-state index >= 15 is 0 Å². The highest BCUT2D eigenvalue weighted by molar-refractivity contribution is 5.28. The summed E-state index contributed by atoms with van der Waals surface area (Å²) in [4.78, 5) is 0. The lowest BCUT2D eigenvalue weighted by molar-refractivity contribution is -0.148. The molecule has 18 heavy (non-hydrogen) atoms. The molecule has 0 amide bonds. The van der Waals surface area contributed by atoms with Crippen LogP contribution >= 0.6 is 0 Å². The monoisotopic (exact) mass is 265 g/mol. The summed E-state index contributed by atoms with van der Waals surface area (Å²) in [5, 5.41) is 3.06. The van der Waals surface area contributed by atoms with Gasteiger partial charge < -0.3 is 10.1 Å². The van der Waals surface area contributed by atoms with Gasteiger partial charge in [0.25, 0.3) is 0 Å². The molecular weight excluding hydrogens is 250 g/mol. The smallest absolute Gasteiger partial charge is 0.340 e. The van der Waals surface area contributed by atoms with Gasteiger partial charge in [-0.3, -0.25) is 0 Å². The minimum atomic E-state index is -4.13. The molecule has 0 atom stereocenters. The fraction of sp³-hybridized carbons (Fsp3) is 0.500. The molecule has 1 N–H and O–H groups in total. The van der Waals surface area contributed by atoms with Crippen molar-refractivity contribution < 1.29 is 22.3 Å². The molecule has 0 unspecified atom stereocenters. The molecule has 1 aromatic carbocycles. The Balaban J connectivity index is 2.57. The van der Waals surface area contributed by atoms with Crippen molar-refractivity contribution >= 4 is 0 Å². The fourth-order valence-corrected chi connectivity index (χ4v) is 1.26. The van der Waals surface area contributed by atoms with Gasteiger partial charge in [0, 0.05) is 6.54 Å². The van der Waals surface area contributed by atoms with Crippen molar-refractivity contribution in [3.05, 3.63) is 29.8 Å². The van der Waals surface area contributed by atoms with E-state index in [1.165, 1.54) is 6.07 Å². The molecule has 102 valence electrons. The van der Waals surface area contributed by atoms with E-state index in [9.17, 15) is 17.6 Å². The Morgan fingerprint density at radius 1 is 1.33 bits per heavy atom. The molecule has 0 saturated carbocycles. The molecule has 0 aromatic heterocycles. The van der Waals surface area contributed by atoms with Crippen molar-refractivity contribution in [2.24, 2.45) is 0 Å². The van der Waals surface area contributed by atoms with Crippen LogP contribution in [0.5, 0.6) is 5.75 Å². The normalized spacial score (nSPS) is 11.9. The summed E-state index contributed by atoms with van der Waals surface area (Å²) in [5.41, 5.74) is 0.842. The molecule has 0 bridgehead atoms. The van der Waals surface area contributed by atoms with Gasteiger partial charge in [-0.2, -0.15) is 8.78 Å². The van der Waals surface area contributed by atoms with Gasteiger partial charge in [-0.15, -0.1) is 0 Å². The summed E-state index contributed by atoms with van der Waals surface area (Å²) in [6, 6.07) is 6.42. The van der Waals surface area contributed by atoms with E-state index in [0.29, 0.717) is 6.54 Å². The lowest BCUT2D eigenvalue weighted by Crippen LogP contribution is -2.33. The van der Waals surface area contributed by atoms with Crippen molar-refractivity contribution in [1.82, 2.24) is 5.32 Å². The average Bonchev–Trinajstić information content (AvgIpc) is 2.34. The Morgan fingerprint density at radius 2 is 2.06 bits per heavy atom. The van der Waals surface area contributed by atoms with Crippen molar-refractivity contribution in [3.8, 4) is 5.75 Å². The molecule has 6 heteroatoms. The topological polar surface area (TPSA) is 21.3 Å². The highest BCUT2D eigenvalue weighted by Gasteiger charge is 2.41. The van der Waals surface area contributed by atoms with E-state index in [0.717, 1.165) is 12.1 Å². The third kappa shape index (κ3) is 4.52. The van der Waals surface area contributed by atoms with Gasteiger partial charge in [0.1, 0.15) is 5.75 Å². The first kappa shape index (κ1) is 14.8. The van der Waals surface area contributed by atoms with Crippen LogP contribution in [0.4, 0.5) is 17.6 Å². The van der Waals surface area contributed by atoms with E-state index in [1.807, 2.05) is 6.92 Å². The van der Waals surface area contributed by atoms with Crippen LogP contribution < -0.4 is 10.1 Å². The van der Waals surface area contributed by atoms with Gasteiger partial charge in [0.2, 0.25) is 0 Å². The van der Waals surface area contributed by atoms with E-state index in [2.05, 4.69) is 5.32 Å². The van der Waals surface area contributed by atoms with E-state index < -0.39 is 19.0 Å². The lowest BCUT2D eigenvalue weighted by atomic mass is 10.2. The number of ether oxygens (including phenoxy) is 1. The standard InChI is InChI=1S/C12H15F4NO/c1-2-17-7-9-4-3-5-10(6-9)18-8-12(15,16)11(13)14/h3-6,11,17H,2,7-8H2,1H3. The summed E-state index contributed by atoms with van der Waals surface area (Å²) in [6.45, 7) is 1.95. The number of hydrogen-bond donors (Lipinski definition) is 1. The number of rotatable bonds is 7. The van der Waals surface area contributed by atoms with Crippen LogP contribution in [0.1, 0.15) is 12.5 Å². The Bertz CT molecular complexity index is 371. The predicted molar refractivity (Wildman–Crippen MR) is 60.3 cm³/mol. The van der Waals surface area contributed by atoms with Gasteiger partial charge in [-0.05, 0) is 24.2 Å². The molecule has 0 spiro atoms. The molecule has 2 nitrogen and oxygen atoms in total. The number of alkyl halides is 4. The van der Waals surface area contributed by atoms with E-state index in [1.54, 1.807) is 18.2 Å². The minimum absolute atomic E-state index is 0.158. The first-order chi connectivity index (χ1) is 8.45. The predicted octanol–water partition coefficient (Wildman–Crippen LogP) is 3.08. The van der Waals surface area contributed by atoms with Gasteiger partial charge in [0.15, 0.2) is 6.61 Å². The molecule has 0 aliphatic rings. The minimum Gasteiger partial charge on any atom is -0.487 e. The van der Waals surface area contributed by atoms with Gasteiger partial charge in [0.05, 0.1) is 0 Å². The molecule has 0 saturated heterocycles. The zero-order chi connectivity index (χ0) is 13.6. The van der Waals surface area contributed by atoms with Crippen LogP contribution in [-0.4, -0.2) is 25.5 Å². The molecule has 1 aromatic rings.